The quantitative estimate of drug-likeness (QED) is 0.636. The van der Waals surface area contributed by atoms with Crippen LogP contribution in [0, 0.1) is 5.41 Å². The highest BCUT2D eigenvalue weighted by atomic mass is 35.5. The van der Waals surface area contributed by atoms with Crippen LogP contribution in [0.15, 0.2) is 30.3 Å². The molecule has 2 heterocycles. The standard InChI is InChI=1S/C20H17ClN2O2S/c1-20(2)8-14-12(15(24)9-20)7-13-16(22)18(26-19(13)23-14)17(25)10-4-3-5-11(21)6-10/h3-7H,8-9,22H2,1-2H3. The van der Waals surface area contributed by atoms with E-state index in [-0.39, 0.29) is 17.0 Å². The fourth-order valence-electron chi connectivity index (χ4n) is 3.43. The van der Waals surface area contributed by atoms with Crippen molar-refractivity contribution in [1.29, 1.82) is 0 Å². The lowest BCUT2D eigenvalue weighted by atomic mass is 9.75. The van der Waals surface area contributed by atoms with Crippen molar-refractivity contribution in [1.82, 2.24) is 4.98 Å². The number of carbonyl (C=O) groups excluding carboxylic acids is 2. The summed E-state index contributed by atoms with van der Waals surface area (Å²) in [6, 6.07) is 8.59. The van der Waals surface area contributed by atoms with E-state index in [1.165, 1.54) is 11.3 Å². The van der Waals surface area contributed by atoms with Gasteiger partial charge in [0, 0.05) is 28.0 Å². The number of rotatable bonds is 2. The summed E-state index contributed by atoms with van der Waals surface area (Å²) >= 11 is 7.26. The molecule has 0 saturated carbocycles. The highest BCUT2D eigenvalue weighted by molar-refractivity contribution is 7.21. The number of nitrogens with two attached hydrogens (primary N) is 1. The molecule has 1 aliphatic rings. The molecule has 0 aliphatic heterocycles. The van der Waals surface area contributed by atoms with Crippen molar-refractivity contribution in [3.8, 4) is 0 Å². The van der Waals surface area contributed by atoms with E-state index in [1.54, 1.807) is 30.3 Å². The van der Waals surface area contributed by atoms with Gasteiger partial charge in [-0.25, -0.2) is 4.98 Å². The number of hydrogen-bond donors (Lipinski definition) is 1. The van der Waals surface area contributed by atoms with Gasteiger partial charge in [0.2, 0.25) is 5.78 Å². The van der Waals surface area contributed by atoms with Crippen LogP contribution in [-0.4, -0.2) is 16.6 Å². The number of benzene rings is 1. The number of hydrogen-bond acceptors (Lipinski definition) is 5. The maximum atomic E-state index is 12.9. The molecule has 4 nitrogen and oxygen atoms in total. The summed E-state index contributed by atoms with van der Waals surface area (Å²) in [5.41, 5.74) is 8.43. The Morgan fingerprint density at radius 3 is 2.77 bits per heavy atom. The number of anilines is 1. The smallest absolute Gasteiger partial charge is 0.205 e. The van der Waals surface area contributed by atoms with Crippen molar-refractivity contribution in [2.45, 2.75) is 26.7 Å². The molecule has 132 valence electrons. The zero-order valence-electron chi connectivity index (χ0n) is 14.4. The minimum absolute atomic E-state index is 0.0824. The number of fused-ring (bicyclic) bond motifs is 2. The number of carbonyl (C=O) groups is 2. The lowest BCUT2D eigenvalue weighted by Crippen LogP contribution is -2.27. The molecule has 1 aliphatic carbocycles. The van der Waals surface area contributed by atoms with E-state index < -0.39 is 0 Å². The number of nitrogens with zero attached hydrogens (tertiary/aromatic N) is 1. The number of nitrogen functional groups attached to an aromatic ring is 1. The first-order valence-corrected chi connectivity index (χ1v) is 9.50. The van der Waals surface area contributed by atoms with Crippen LogP contribution < -0.4 is 5.73 Å². The lowest BCUT2D eigenvalue weighted by molar-refractivity contribution is 0.0910. The molecular formula is C20H17ClN2O2S. The first-order valence-electron chi connectivity index (χ1n) is 8.30. The Morgan fingerprint density at radius 2 is 2.04 bits per heavy atom. The van der Waals surface area contributed by atoms with Crippen LogP contribution in [0.3, 0.4) is 0 Å². The van der Waals surface area contributed by atoms with Crippen LogP contribution in [0.5, 0.6) is 0 Å². The number of aromatic nitrogens is 1. The van der Waals surface area contributed by atoms with Gasteiger partial charge in [0.1, 0.15) is 9.71 Å². The van der Waals surface area contributed by atoms with Gasteiger partial charge in [-0.3, -0.25) is 9.59 Å². The number of pyridine rings is 1. The molecule has 0 amide bonds. The normalized spacial score (nSPS) is 15.9. The minimum atomic E-state index is -0.183. The zero-order chi connectivity index (χ0) is 18.6. The molecule has 6 heteroatoms. The van der Waals surface area contributed by atoms with Crippen LogP contribution in [0.2, 0.25) is 5.02 Å². The van der Waals surface area contributed by atoms with Crippen LogP contribution in [-0.2, 0) is 6.42 Å². The number of Topliss-reactive ketones (excluding diaryl/α,β-unsaturated/α-hetero) is 1. The van der Waals surface area contributed by atoms with E-state index in [0.29, 0.717) is 43.4 Å². The number of ketones is 2. The van der Waals surface area contributed by atoms with Gasteiger partial charge in [-0.05, 0) is 30.0 Å². The van der Waals surface area contributed by atoms with Crippen molar-refractivity contribution >= 4 is 50.4 Å². The maximum absolute atomic E-state index is 12.9. The third-order valence-electron chi connectivity index (χ3n) is 4.68. The molecule has 0 radical (unpaired) electrons. The van der Waals surface area contributed by atoms with Gasteiger partial charge >= 0.3 is 0 Å². The molecular weight excluding hydrogens is 368 g/mol. The fraction of sp³-hybridized carbons (Fsp3) is 0.250. The van der Waals surface area contributed by atoms with Crippen LogP contribution >= 0.6 is 22.9 Å². The van der Waals surface area contributed by atoms with E-state index in [1.807, 2.05) is 0 Å². The molecule has 4 rings (SSSR count). The van der Waals surface area contributed by atoms with E-state index in [2.05, 4.69) is 18.8 Å². The van der Waals surface area contributed by atoms with Crippen molar-refractivity contribution in [2.24, 2.45) is 5.41 Å². The Bertz CT molecular complexity index is 1080. The SMILES string of the molecule is CC1(C)CC(=O)c2cc3c(N)c(C(=O)c4cccc(Cl)c4)sc3nc2C1. The van der Waals surface area contributed by atoms with Gasteiger partial charge in [0.15, 0.2) is 5.78 Å². The van der Waals surface area contributed by atoms with Gasteiger partial charge in [-0.1, -0.05) is 37.6 Å². The summed E-state index contributed by atoms with van der Waals surface area (Å²) in [6.07, 6.45) is 1.23. The highest BCUT2D eigenvalue weighted by Gasteiger charge is 2.33. The minimum Gasteiger partial charge on any atom is -0.397 e. The third kappa shape index (κ3) is 2.81. The zero-order valence-corrected chi connectivity index (χ0v) is 16.0. The third-order valence-corrected chi connectivity index (χ3v) is 6.03. The Labute approximate surface area is 160 Å². The summed E-state index contributed by atoms with van der Waals surface area (Å²) in [5, 5.41) is 1.17. The summed E-state index contributed by atoms with van der Waals surface area (Å²) < 4.78 is 0. The first kappa shape index (κ1) is 17.2. The highest BCUT2D eigenvalue weighted by Crippen LogP contribution is 2.39. The second-order valence-electron chi connectivity index (χ2n) is 7.46. The summed E-state index contributed by atoms with van der Waals surface area (Å²) in [4.78, 5) is 31.2. The summed E-state index contributed by atoms with van der Waals surface area (Å²) in [6.45, 7) is 4.13. The number of halogens is 1. The molecule has 0 bridgehead atoms. The Hall–Kier alpha value is -2.24. The predicted molar refractivity (Wildman–Crippen MR) is 105 cm³/mol. The van der Waals surface area contributed by atoms with Gasteiger partial charge in [0.05, 0.1) is 11.4 Å². The van der Waals surface area contributed by atoms with Crippen LogP contribution in [0.25, 0.3) is 10.2 Å². The average Bonchev–Trinajstić information content (AvgIpc) is 2.88. The monoisotopic (exact) mass is 384 g/mol. The molecule has 0 unspecified atom stereocenters. The summed E-state index contributed by atoms with van der Waals surface area (Å²) in [5.74, 6) is -0.100. The van der Waals surface area contributed by atoms with E-state index >= 15 is 0 Å². The van der Waals surface area contributed by atoms with Crippen molar-refractivity contribution < 1.29 is 9.59 Å². The molecule has 26 heavy (non-hydrogen) atoms. The van der Waals surface area contributed by atoms with Gasteiger partial charge in [-0.15, -0.1) is 11.3 Å². The second-order valence-corrected chi connectivity index (χ2v) is 8.90. The molecule has 0 fully saturated rings. The number of thiophene rings is 1. The van der Waals surface area contributed by atoms with Gasteiger partial charge in [-0.2, -0.15) is 0 Å². The average molecular weight is 385 g/mol. The summed E-state index contributed by atoms with van der Waals surface area (Å²) in [7, 11) is 0. The second kappa shape index (κ2) is 5.89. The van der Waals surface area contributed by atoms with E-state index in [4.69, 9.17) is 17.3 Å². The van der Waals surface area contributed by atoms with Crippen LogP contribution in [0.1, 0.15) is 51.6 Å². The van der Waals surface area contributed by atoms with Crippen LogP contribution in [0.4, 0.5) is 5.69 Å². The fourth-order valence-corrected chi connectivity index (χ4v) is 4.68. The molecule has 3 aromatic rings. The van der Waals surface area contributed by atoms with E-state index in [0.717, 1.165) is 12.1 Å². The Morgan fingerprint density at radius 1 is 1.27 bits per heavy atom. The topological polar surface area (TPSA) is 73.1 Å². The molecule has 0 atom stereocenters. The van der Waals surface area contributed by atoms with Gasteiger partial charge in [0.25, 0.3) is 0 Å². The van der Waals surface area contributed by atoms with Gasteiger partial charge < -0.3 is 5.73 Å². The predicted octanol–water partition coefficient (Wildman–Crippen LogP) is 4.92. The lowest BCUT2D eigenvalue weighted by Gasteiger charge is -2.29. The maximum Gasteiger partial charge on any atom is 0.205 e. The van der Waals surface area contributed by atoms with E-state index in [9.17, 15) is 9.59 Å². The molecule has 2 aromatic heterocycles. The molecule has 0 saturated heterocycles. The largest absolute Gasteiger partial charge is 0.397 e. The van der Waals surface area contributed by atoms with Crippen molar-refractivity contribution in [2.75, 3.05) is 5.73 Å². The van der Waals surface area contributed by atoms with Crippen molar-refractivity contribution in [3.05, 3.63) is 57.1 Å². The molecule has 0 spiro atoms. The van der Waals surface area contributed by atoms with Crippen molar-refractivity contribution in [3.63, 3.8) is 0 Å². The Kier molecular flexibility index (Phi) is 3.90. The molecule has 1 aromatic carbocycles. The Balaban J connectivity index is 1.85. The molecule has 2 N–H and O–H groups in total. The first-order chi connectivity index (χ1) is 12.2.